The second-order valence-electron chi connectivity index (χ2n) is 7.74. The van der Waals surface area contributed by atoms with Gasteiger partial charge in [0.2, 0.25) is 5.91 Å². The minimum Gasteiger partial charge on any atom is -0.508 e. The Morgan fingerprint density at radius 1 is 0.971 bits per heavy atom. The van der Waals surface area contributed by atoms with Crippen molar-refractivity contribution in [1.82, 2.24) is 0 Å². The van der Waals surface area contributed by atoms with Gasteiger partial charge < -0.3 is 19.9 Å². The monoisotopic (exact) mass is 471 g/mol. The van der Waals surface area contributed by atoms with Gasteiger partial charge in [-0.3, -0.25) is 9.59 Å². The first kappa shape index (κ1) is 21.4. The summed E-state index contributed by atoms with van der Waals surface area (Å²) in [4.78, 5) is 36.6. The number of thiophene rings is 1. The van der Waals surface area contributed by atoms with E-state index in [0.717, 1.165) is 5.56 Å². The number of carboxylic acids is 1. The molecule has 3 aromatic rings. The molecular formula is C26H17NO6S. The molecule has 0 saturated heterocycles. The van der Waals surface area contributed by atoms with Crippen LogP contribution in [0.2, 0.25) is 0 Å². The summed E-state index contributed by atoms with van der Waals surface area (Å²) in [5, 5.41) is 27.0. The van der Waals surface area contributed by atoms with Gasteiger partial charge in [0.1, 0.15) is 17.1 Å². The van der Waals surface area contributed by atoms with Crippen LogP contribution in [-0.4, -0.2) is 22.1 Å². The van der Waals surface area contributed by atoms with Gasteiger partial charge in [0, 0.05) is 34.3 Å². The molecule has 34 heavy (non-hydrogen) atoms. The van der Waals surface area contributed by atoms with Gasteiger partial charge in [0.05, 0.1) is 12.0 Å². The molecule has 0 bridgehead atoms. The molecule has 1 aromatic heterocycles. The van der Waals surface area contributed by atoms with Gasteiger partial charge in [-0.15, -0.1) is 0 Å². The van der Waals surface area contributed by atoms with E-state index in [-0.39, 0.29) is 34.8 Å². The van der Waals surface area contributed by atoms with E-state index in [4.69, 9.17) is 4.42 Å². The lowest BCUT2D eigenvalue weighted by atomic mass is 9.90. The maximum absolute atomic E-state index is 12.4. The van der Waals surface area contributed by atoms with Crippen molar-refractivity contribution >= 4 is 39.9 Å². The molecule has 2 heterocycles. The van der Waals surface area contributed by atoms with Gasteiger partial charge in [-0.25, -0.2) is 4.79 Å². The second kappa shape index (κ2) is 8.49. The largest absolute Gasteiger partial charge is 0.508 e. The zero-order chi connectivity index (χ0) is 23.8. The number of hydrogen-bond donors (Lipinski definition) is 3. The summed E-state index contributed by atoms with van der Waals surface area (Å²) in [6.07, 6.45) is 0.185. The Morgan fingerprint density at radius 2 is 1.79 bits per heavy atom. The maximum Gasteiger partial charge on any atom is 0.336 e. The van der Waals surface area contributed by atoms with Gasteiger partial charge in [-0.1, -0.05) is 6.07 Å². The summed E-state index contributed by atoms with van der Waals surface area (Å²) in [5.41, 5.74) is 2.74. The SMILES string of the molecule is O=C(Cc1ccsc1)Nc1ccc(-c2c3ccc(=O)cc-3oc3cc(O)ccc23)c(C(=O)O)c1. The Bertz CT molecular complexity index is 1590. The van der Waals surface area contributed by atoms with Crippen LogP contribution in [0.4, 0.5) is 5.69 Å². The Morgan fingerprint density at radius 3 is 2.56 bits per heavy atom. The number of aromatic hydroxyl groups is 1. The number of carboxylic acid groups (broad SMARTS) is 1. The van der Waals surface area contributed by atoms with E-state index in [0.29, 0.717) is 33.3 Å². The van der Waals surface area contributed by atoms with Crippen molar-refractivity contribution in [2.45, 2.75) is 6.42 Å². The van der Waals surface area contributed by atoms with Gasteiger partial charge in [0.15, 0.2) is 5.43 Å². The Balaban J connectivity index is 1.65. The van der Waals surface area contributed by atoms with Gasteiger partial charge in [0.25, 0.3) is 0 Å². The third-order valence-electron chi connectivity index (χ3n) is 5.42. The number of aromatic carboxylic acids is 1. The van der Waals surface area contributed by atoms with Crippen LogP contribution in [0.1, 0.15) is 15.9 Å². The molecule has 0 unspecified atom stereocenters. The van der Waals surface area contributed by atoms with Gasteiger partial charge >= 0.3 is 5.97 Å². The van der Waals surface area contributed by atoms with Crippen molar-refractivity contribution in [3.05, 3.63) is 92.8 Å². The standard InChI is InChI=1S/C26H17NO6S/c28-16-2-5-19-22(11-16)33-23-12-17(29)3-6-20(23)25(19)18-4-1-15(10-21(18)26(31)32)27-24(30)9-14-7-8-34-13-14/h1-8,10-13,28H,9H2,(H,27,30)(H,31,32). The molecule has 2 aliphatic rings. The average Bonchev–Trinajstić information content (AvgIpc) is 3.30. The first-order valence-electron chi connectivity index (χ1n) is 10.3. The molecule has 168 valence electrons. The van der Waals surface area contributed by atoms with Crippen LogP contribution in [0.5, 0.6) is 5.75 Å². The minimum atomic E-state index is -1.18. The average molecular weight is 471 g/mol. The quantitative estimate of drug-likeness (QED) is 0.303. The fourth-order valence-electron chi connectivity index (χ4n) is 3.95. The van der Waals surface area contributed by atoms with Crippen LogP contribution in [-0.2, 0) is 11.2 Å². The normalized spacial score (nSPS) is 11.1. The van der Waals surface area contributed by atoms with Crippen LogP contribution in [0.3, 0.4) is 0 Å². The van der Waals surface area contributed by atoms with Crippen molar-refractivity contribution < 1.29 is 24.2 Å². The molecule has 5 rings (SSSR count). The molecule has 0 radical (unpaired) electrons. The lowest BCUT2D eigenvalue weighted by molar-refractivity contribution is -0.115. The second-order valence-corrected chi connectivity index (χ2v) is 8.52. The van der Waals surface area contributed by atoms with Crippen molar-refractivity contribution in [2.24, 2.45) is 0 Å². The number of fused-ring (bicyclic) bond motifs is 2. The predicted octanol–water partition coefficient (Wildman–Crippen LogP) is 5.21. The number of hydrogen-bond acceptors (Lipinski definition) is 6. The van der Waals surface area contributed by atoms with Crippen LogP contribution >= 0.6 is 11.3 Å². The van der Waals surface area contributed by atoms with E-state index >= 15 is 0 Å². The highest BCUT2D eigenvalue weighted by Crippen LogP contribution is 2.42. The van der Waals surface area contributed by atoms with Crippen molar-refractivity contribution in [3.63, 3.8) is 0 Å². The van der Waals surface area contributed by atoms with Crippen LogP contribution < -0.4 is 10.7 Å². The summed E-state index contributed by atoms with van der Waals surface area (Å²) in [6.45, 7) is 0. The Kier molecular flexibility index (Phi) is 5.35. The molecule has 3 N–H and O–H groups in total. The number of carbonyl (C=O) groups is 2. The van der Waals surface area contributed by atoms with Crippen molar-refractivity contribution in [3.8, 4) is 28.2 Å². The van der Waals surface area contributed by atoms with E-state index in [1.54, 1.807) is 24.3 Å². The van der Waals surface area contributed by atoms with Crippen LogP contribution in [0.15, 0.2) is 80.6 Å². The van der Waals surface area contributed by atoms with Gasteiger partial charge in [-0.05, 0) is 64.4 Å². The lowest BCUT2D eigenvalue weighted by Gasteiger charge is -2.17. The summed E-state index contributed by atoms with van der Waals surface area (Å²) in [6, 6.07) is 15.3. The Hall–Kier alpha value is -4.43. The molecule has 0 spiro atoms. The lowest BCUT2D eigenvalue weighted by Crippen LogP contribution is -2.14. The molecule has 2 aromatic carbocycles. The number of anilines is 1. The van der Waals surface area contributed by atoms with E-state index in [2.05, 4.69) is 5.32 Å². The summed E-state index contributed by atoms with van der Waals surface area (Å²) in [7, 11) is 0. The number of phenols is 1. The van der Waals surface area contributed by atoms with Crippen LogP contribution in [0.25, 0.3) is 33.4 Å². The summed E-state index contributed by atoms with van der Waals surface area (Å²) >= 11 is 1.50. The molecule has 7 nitrogen and oxygen atoms in total. The highest BCUT2D eigenvalue weighted by Gasteiger charge is 2.22. The summed E-state index contributed by atoms with van der Waals surface area (Å²) < 4.78 is 5.83. The molecular weight excluding hydrogens is 454 g/mol. The minimum absolute atomic E-state index is 0.0260. The highest BCUT2D eigenvalue weighted by atomic mass is 32.1. The Labute approximate surface area is 196 Å². The molecule has 1 amide bonds. The molecule has 8 heteroatoms. The highest BCUT2D eigenvalue weighted by molar-refractivity contribution is 7.08. The van der Waals surface area contributed by atoms with Crippen molar-refractivity contribution in [2.75, 3.05) is 5.32 Å². The van der Waals surface area contributed by atoms with E-state index in [9.17, 15) is 24.6 Å². The molecule has 1 aliphatic carbocycles. The predicted molar refractivity (Wildman–Crippen MR) is 130 cm³/mol. The van der Waals surface area contributed by atoms with E-state index in [1.165, 1.54) is 41.7 Å². The third-order valence-corrected chi connectivity index (χ3v) is 6.16. The topological polar surface area (TPSA) is 117 Å². The molecule has 0 saturated carbocycles. The molecule has 1 aliphatic heterocycles. The maximum atomic E-state index is 12.4. The fourth-order valence-corrected chi connectivity index (χ4v) is 4.62. The zero-order valence-corrected chi connectivity index (χ0v) is 18.4. The number of phenolic OH excluding ortho intramolecular Hbond substituents is 1. The zero-order valence-electron chi connectivity index (χ0n) is 17.6. The number of amides is 1. The molecule has 0 atom stereocenters. The fraction of sp³-hybridized carbons (Fsp3) is 0.0385. The third kappa shape index (κ3) is 4.02. The summed E-state index contributed by atoms with van der Waals surface area (Å²) in [5.74, 6) is -1.19. The van der Waals surface area contributed by atoms with E-state index < -0.39 is 5.97 Å². The van der Waals surface area contributed by atoms with Crippen LogP contribution in [0, 0.1) is 0 Å². The number of carbonyl (C=O) groups excluding carboxylic acids is 1. The first-order chi connectivity index (χ1) is 16.4. The van der Waals surface area contributed by atoms with Gasteiger partial charge in [-0.2, -0.15) is 11.3 Å². The number of rotatable bonds is 5. The number of benzene rings is 3. The first-order valence-corrected chi connectivity index (χ1v) is 11.2. The van der Waals surface area contributed by atoms with E-state index in [1.807, 2.05) is 16.8 Å². The van der Waals surface area contributed by atoms with Crippen molar-refractivity contribution in [1.29, 1.82) is 0 Å². The number of nitrogens with one attached hydrogen (secondary N) is 1. The smallest absolute Gasteiger partial charge is 0.336 e. The molecule has 0 fully saturated rings.